The number of hydrogen-bond donors (Lipinski definition) is 1. The smallest absolute Gasteiger partial charge is 0.264 e. The molecule has 0 saturated heterocycles. The van der Waals surface area contributed by atoms with Crippen LogP contribution in [0.15, 0.2) is 102 Å². The molecule has 0 aliphatic carbocycles. The van der Waals surface area contributed by atoms with E-state index in [1.54, 1.807) is 72.8 Å². The summed E-state index contributed by atoms with van der Waals surface area (Å²) in [7, 11) is -4.12. The first-order valence-electron chi connectivity index (χ1n) is 12.2. The summed E-state index contributed by atoms with van der Waals surface area (Å²) in [5, 5.41) is 3.03. The lowest BCUT2D eigenvalue weighted by Crippen LogP contribution is -2.38. The summed E-state index contributed by atoms with van der Waals surface area (Å²) >= 11 is 6.16. The van der Waals surface area contributed by atoms with Gasteiger partial charge >= 0.3 is 0 Å². The second-order valence-corrected chi connectivity index (χ2v) is 11.0. The van der Waals surface area contributed by atoms with Crippen LogP contribution in [0.4, 0.5) is 11.4 Å². The van der Waals surface area contributed by atoms with Crippen LogP contribution in [0.1, 0.15) is 28.4 Å². The van der Waals surface area contributed by atoms with E-state index >= 15 is 0 Å². The van der Waals surface area contributed by atoms with Crippen molar-refractivity contribution in [3.8, 4) is 5.75 Å². The number of benzene rings is 4. The number of rotatable bonds is 10. The van der Waals surface area contributed by atoms with Gasteiger partial charge in [-0.1, -0.05) is 59.6 Å². The Morgan fingerprint density at radius 1 is 0.897 bits per heavy atom. The Morgan fingerprint density at radius 2 is 1.56 bits per heavy atom. The molecule has 1 amide bonds. The summed E-state index contributed by atoms with van der Waals surface area (Å²) < 4.78 is 33.9. The van der Waals surface area contributed by atoms with E-state index in [4.69, 9.17) is 16.3 Å². The standard InChI is InChI=1S/C30H27ClN2O5S/c1-3-38-25-14-12-24(13-15-25)33(39(36,37)26-16-9-21(2)10-17-26)20-29(34)32-28-18-11-23(31)19-27(28)30(35)22-7-5-4-6-8-22/h4-19H,3,20H2,1-2H3,(H,32,34). The molecule has 0 aliphatic heterocycles. The van der Waals surface area contributed by atoms with Crippen molar-refractivity contribution in [2.45, 2.75) is 18.7 Å². The molecule has 9 heteroatoms. The molecule has 0 fully saturated rings. The third-order valence-corrected chi connectivity index (χ3v) is 7.89. The SMILES string of the molecule is CCOc1ccc(N(CC(=O)Nc2ccc(Cl)cc2C(=O)c2ccccc2)S(=O)(=O)c2ccc(C)cc2)cc1. The van der Waals surface area contributed by atoms with Gasteiger partial charge in [-0.2, -0.15) is 0 Å². The van der Waals surface area contributed by atoms with Gasteiger partial charge in [-0.25, -0.2) is 8.42 Å². The fraction of sp³-hybridized carbons (Fsp3) is 0.133. The molecule has 0 spiro atoms. The molecule has 39 heavy (non-hydrogen) atoms. The first-order valence-corrected chi connectivity index (χ1v) is 14.0. The van der Waals surface area contributed by atoms with E-state index < -0.39 is 22.5 Å². The minimum absolute atomic E-state index is 0.0428. The molecule has 0 heterocycles. The van der Waals surface area contributed by atoms with Crippen molar-refractivity contribution in [3.05, 3.63) is 119 Å². The summed E-state index contributed by atoms with van der Waals surface area (Å²) in [5.74, 6) is -0.392. The second kappa shape index (κ2) is 12.1. The summed E-state index contributed by atoms with van der Waals surface area (Å²) in [6, 6.07) is 26.0. The van der Waals surface area contributed by atoms with Gasteiger partial charge in [0.15, 0.2) is 5.78 Å². The normalized spacial score (nSPS) is 11.1. The van der Waals surface area contributed by atoms with Crippen molar-refractivity contribution in [1.29, 1.82) is 0 Å². The summed E-state index contributed by atoms with van der Waals surface area (Å²) in [6.07, 6.45) is 0. The van der Waals surface area contributed by atoms with E-state index in [1.165, 1.54) is 24.3 Å². The van der Waals surface area contributed by atoms with E-state index in [-0.39, 0.29) is 27.6 Å². The van der Waals surface area contributed by atoms with E-state index in [9.17, 15) is 18.0 Å². The Labute approximate surface area is 233 Å². The van der Waals surface area contributed by atoms with Crippen molar-refractivity contribution in [1.82, 2.24) is 0 Å². The Hall–Kier alpha value is -4.14. The van der Waals surface area contributed by atoms with Crippen molar-refractivity contribution < 1.29 is 22.7 Å². The van der Waals surface area contributed by atoms with E-state index in [2.05, 4.69) is 5.32 Å². The molecule has 4 aromatic carbocycles. The van der Waals surface area contributed by atoms with Crippen LogP contribution < -0.4 is 14.4 Å². The Morgan fingerprint density at radius 3 is 2.21 bits per heavy atom. The van der Waals surface area contributed by atoms with Gasteiger partial charge in [0.2, 0.25) is 5.91 Å². The average Bonchev–Trinajstić information content (AvgIpc) is 2.93. The van der Waals surface area contributed by atoms with Crippen LogP contribution in [-0.2, 0) is 14.8 Å². The van der Waals surface area contributed by atoms with Crippen molar-refractivity contribution in [3.63, 3.8) is 0 Å². The third-order valence-electron chi connectivity index (χ3n) is 5.87. The van der Waals surface area contributed by atoms with Crippen molar-refractivity contribution in [2.75, 3.05) is 22.8 Å². The van der Waals surface area contributed by atoms with E-state index in [1.807, 2.05) is 13.8 Å². The maximum Gasteiger partial charge on any atom is 0.264 e. The molecule has 0 radical (unpaired) electrons. The van der Waals surface area contributed by atoms with Gasteiger partial charge < -0.3 is 10.1 Å². The van der Waals surface area contributed by atoms with Gasteiger partial charge in [0.25, 0.3) is 10.0 Å². The molecule has 0 atom stereocenters. The molecule has 4 aromatic rings. The Bertz CT molecular complexity index is 1570. The second-order valence-electron chi connectivity index (χ2n) is 8.68. The van der Waals surface area contributed by atoms with Crippen LogP contribution in [0.2, 0.25) is 5.02 Å². The number of ether oxygens (including phenoxy) is 1. The van der Waals surface area contributed by atoms with Gasteiger partial charge in [0.05, 0.1) is 22.9 Å². The first-order chi connectivity index (χ1) is 18.7. The van der Waals surface area contributed by atoms with Crippen molar-refractivity contribution >= 4 is 44.7 Å². The largest absolute Gasteiger partial charge is 0.494 e. The zero-order chi connectivity index (χ0) is 28.0. The summed E-state index contributed by atoms with van der Waals surface area (Å²) in [5.41, 5.74) is 2.02. The maximum absolute atomic E-state index is 13.7. The maximum atomic E-state index is 13.7. The molecular formula is C30H27ClN2O5S. The van der Waals surface area contributed by atoms with Crippen LogP contribution in [0.5, 0.6) is 5.75 Å². The van der Waals surface area contributed by atoms with Crippen LogP contribution in [0.25, 0.3) is 0 Å². The highest BCUT2D eigenvalue weighted by atomic mass is 35.5. The molecule has 0 aliphatic rings. The molecule has 4 rings (SSSR count). The number of nitrogens with one attached hydrogen (secondary N) is 1. The number of sulfonamides is 1. The number of nitrogens with zero attached hydrogens (tertiary/aromatic N) is 1. The molecule has 7 nitrogen and oxygen atoms in total. The molecule has 200 valence electrons. The lowest BCUT2D eigenvalue weighted by atomic mass is 10.0. The van der Waals surface area contributed by atoms with Gasteiger partial charge in [0.1, 0.15) is 12.3 Å². The number of ketones is 1. The zero-order valence-electron chi connectivity index (χ0n) is 21.4. The molecule has 0 bridgehead atoms. The molecular weight excluding hydrogens is 536 g/mol. The van der Waals surface area contributed by atoms with Crippen LogP contribution >= 0.6 is 11.6 Å². The van der Waals surface area contributed by atoms with Crippen LogP contribution in [0, 0.1) is 6.92 Å². The number of anilines is 2. The van der Waals surface area contributed by atoms with Crippen LogP contribution in [0.3, 0.4) is 0 Å². The molecule has 0 aromatic heterocycles. The van der Waals surface area contributed by atoms with Gasteiger partial charge in [-0.3, -0.25) is 13.9 Å². The lowest BCUT2D eigenvalue weighted by Gasteiger charge is -2.24. The highest BCUT2D eigenvalue weighted by Crippen LogP contribution is 2.28. The van der Waals surface area contributed by atoms with Crippen molar-refractivity contribution in [2.24, 2.45) is 0 Å². The third kappa shape index (κ3) is 6.66. The summed E-state index contributed by atoms with van der Waals surface area (Å²) in [4.78, 5) is 26.5. The zero-order valence-corrected chi connectivity index (χ0v) is 23.0. The quantitative estimate of drug-likeness (QED) is 0.235. The molecule has 0 saturated carbocycles. The number of aryl methyl sites for hydroxylation is 1. The number of halogens is 1. The van der Waals surface area contributed by atoms with E-state index in [0.29, 0.717) is 22.9 Å². The van der Waals surface area contributed by atoms with Gasteiger partial charge in [0, 0.05) is 16.1 Å². The summed E-state index contributed by atoms with van der Waals surface area (Å²) in [6.45, 7) is 3.62. The number of amides is 1. The minimum Gasteiger partial charge on any atom is -0.494 e. The minimum atomic E-state index is -4.12. The number of carbonyl (C=O) groups is 2. The van der Waals surface area contributed by atoms with Gasteiger partial charge in [-0.15, -0.1) is 0 Å². The predicted octanol–water partition coefficient (Wildman–Crippen LogP) is 6.11. The monoisotopic (exact) mass is 562 g/mol. The predicted molar refractivity (Wildman–Crippen MR) is 153 cm³/mol. The highest BCUT2D eigenvalue weighted by Gasteiger charge is 2.28. The number of hydrogen-bond acceptors (Lipinski definition) is 5. The average molecular weight is 563 g/mol. The van der Waals surface area contributed by atoms with E-state index in [0.717, 1.165) is 9.87 Å². The fourth-order valence-electron chi connectivity index (χ4n) is 3.91. The van der Waals surface area contributed by atoms with Gasteiger partial charge in [-0.05, 0) is 68.4 Å². The van der Waals surface area contributed by atoms with Crippen LogP contribution in [-0.4, -0.2) is 33.3 Å². The molecule has 0 unspecified atom stereocenters. The molecule has 1 N–H and O–H groups in total. The lowest BCUT2D eigenvalue weighted by molar-refractivity contribution is -0.114. The topological polar surface area (TPSA) is 92.8 Å². The highest BCUT2D eigenvalue weighted by molar-refractivity contribution is 7.92. The Kier molecular flexibility index (Phi) is 8.69. The Balaban J connectivity index is 1.67. The fourth-order valence-corrected chi connectivity index (χ4v) is 5.50. The number of carbonyl (C=O) groups excluding carboxylic acids is 2. The first kappa shape index (κ1) is 27.9.